The van der Waals surface area contributed by atoms with E-state index >= 15 is 0 Å². The molecule has 0 radical (unpaired) electrons. The quantitative estimate of drug-likeness (QED) is 0.248. The number of nitrogens with zero attached hydrogens (tertiary/aromatic N) is 4. The molecule has 0 aliphatic carbocycles. The van der Waals surface area contributed by atoms with E-state index in [1.165, 1.54) is 0 Å². The van der Waals surface area contributed by atoms with Crippen LogP contribution in [0.25, 0.3) is 0 Å². The van der Waals surface area contributed by atoms with Crippen LogP contribution < -0.4 is 9.80 Å². The van der Waals surface area contributed by atoms with Crippen molar-refractivity contribution in [1.29, 1.82) is 0 Å². The maximum atomic E-state index is 14.9. The van der Waals surface area contributed by atoms with Crippen LogP contribution in [0, 0.1) is 11.8 Å². The van der Waals surface area contributed by atoms with Crippen LogP contribution in [0.15, 0.2) is 78.9 Å². The van der Waals surface area contributed by atoms with Crippen molar-refractivity contribution in [3.8, 4) is 0 Å². The summed E-state index contributed by atoms with van der Waals surface area (Å²) in [7, 11) is 0. The van der Waals surface area contributed by atoms with Gasteiger partial charge in [-0.2, -0.15) is 0 Å². The maximum absolute atomic E-state index is 14.9. The molecule has 250 valence electrons. The number of unbranched alkanes of at least 4 members (excludes halogenated alkanes) is 3. The molecule has 5 atom stereocenters. The number of fused-ring (bicyclic) bond motifs is 2. The van der Waals surface area contributed by atoms with E-state index in [1.54, 1.807) is 16.7 Å². The number of carbonyl (C=O) groups is 3. The highest BCUT2D eigenvalue weighted by molar-refractivity contribution is 8.02. The number of amides is 3. The van der Waals surface area contributed by atoms with Gasteiger partial charge in [-0.1, -0.05) is 67.5 Å². The smallest absolute Gasteiger partial charge is 0.251 e. The van der Waals surface area contributed by atoms with Crippen molar-refractivity contribution >= 4 is 40.9 Å². The Labute approximate surface area is 283 Å². The fourth-order valence-electron chi connectivity index (χ4n) is 8.17. The monoisotopic (exact) mass is 656 g/mol. The van der Waals surface area contributed by atoms with E-state index in [1.807, 2.05) is 58.3 Å². The third kappa shape index (κ3) is 6.01. The van der Waals surface area contributed by atoms with Gasteiger partial charge in [0.1, 0.15) is 6.04 Å². The molecule has 4 aliphatic rings. The average molecular weight is 657 g/mol. The zero-order chi connectivity index (χ0) is 33.2. The fraction of sp³-hybridized carbons (Fsp3) is 0.500. The van der Waals surface area contributed by atoms with Gasteiger partial charge in [-0.25, -0.2) is 0 Å². The van der Waals surface area contributed by atoms with E-state index in [9.17, 15) is 19.5 Å². The van der Waals surface area contributed by atoms with Gasteiger partial charge in [0, 0.05) is 62.0 Å². The normalized spacial score (nSPS) is 28.3. The molecule has 4 heterocycles. The number of hydrogen-bond acceptors (Lipinski definition) is 6. The predicted molar refractivity (Wildman–Crippen MR) is 189 cm³/mol. The molecule has 2 aromatic carbocycles. The summed E-state index contributed by atoms with van der Waals surface area (Å²) in [5.41, 5.74) is 2.96. The maximum Gasteiger partial charge on any atom is 0.251 e. The summed E-state index contributed by atoms with van der Waals surface area (Å²) in [6.07, 6.45) is 11.5. The second-order valence-electron chi connectivity index (χ2n) is 13.3. The standard InChI is InChI=1S/C38H48N4O4S/c1-4-39(5-2)29-17-19-30(20-18-29)41-25-14-22-38-32(35(45)42(33(38)36(41)46)24-11-6-7-12-26-43)31-34(44)40(23-13-21-37(31,3)47-38)27-28-15-9-8-10-16-28/h8-10,13-22,31-33,43H,4-7,11-12,23-27H2,1-3H3/t31-,32+,33?,37+,38+/m1/s1. The Hall–Kier alpha value is -3.56. The molecule has 0 bridgehead atoms. The Morgan fingerprint density at radius 1 is 0.830 bits per heavy atom. The number of anilines is 2. The van der Waals surface area contributed by atoms with E-state index < -0.39 is 27.4 Å². The molecule has 1 spiro atoms. The van der Waals surface area contributed by atoms with Crippen molar-refractivity contribution < 1.29 is 19.5 Å². The van der Waals surface area contributed by atoms with Gasteiger partial charge in [-0.05, 0) is 63.4 Å². The second kappa shape index (κ2) is 13.9. The molecule has 1 N–H and O–H groups in total. The Balaban J connectivity index is 1.36. The van der Waals surface area contributed by atoms with Crippen LogP contribution in [0.1, 0.15) is 52.0 Å². The summed E-state index contributed by atoms with van der Waals surface area (Å²) in [5, 5.41) is 9.29. The summed E-state index contributed by atoms with van der Waals surface area (Å²) in [6, 6.07) is 17.4. The molecule has 0 saturated carbocycles. The van der Waals surface area contributed by atoms with Crippen LogP contribution in [0.3, 0.4) is 0 Å². The molecule has 2 aromatic rings. The van der Waals surface area contributed by atoms with Crippen molar-refractivity contribution in [3.63, 3.8) is 0 Å². The molecular weight excluding hydrogens is 609 g/mol. The molecule has 47 heavy (non-hydrogen) atoms. The number of likely N-dealkylation sites (tertiary alicyclic amines) is 1. The summed E-state index contributed by atoms with van der Waals surface area (Å²) >= 11 is 1.63. The highest BCUT2D eigenvalue weighted by atomic mass is 32.2. The number of benzene rings is 2. The Kier molecular flexibility index (Phi) is 9.85. The number of thioether (sulfide) groups is 1. The van der Waals surface area contributed by atoms with Gasteiger partial charge in [0.15, 0.2) is 0 Å². The van der Waals surface area contributed by atoms with E-state index in [-0.39, 0.29) is 24.3 Å². The first-order valence-corrected chi connectivity index (χ1v) is 18.1. The molecular formula is C38H48N4O4S. The number of aliphatic hydroxyl groups is 1. The third-order valence-electron chi connectivity index (χ3n) is 10.5. The SMILES string of the molecule is CCN(CC)c1ccc(N2CC=C[C@]34S[C@@]5(C)C=CCN(Cc6ccccc6)C(=O)[C@H]5[C@H]3C(=O)N(CCCCCCO)C4C2=O)cc1. The number of carbonyl (C=O) groups excluding carboxylic acids is 3. The Morgan fingerprint density at radius 2 is 1.53 bits per heavy atom. The van der Waals surface area contributed by atoms with Gasteiger partial charge >= 0.3 is 0 Å². The number of hydrogen-bond donors (Lipinski definition) is 1. The van der Waals surface area contributed by atoms with Gasteiger partial charge in [-0.15, -0.1) is 11.8 Å². The lowest BCUT2D eigenvalue weighted by molar-refractivity contribution is -0.144. The summed E-state index contributed by atoms with van der Waals surface area (Å²) < 4.78 is -1.51. The first-order valence-electron chi connectivity index (χ1n) is 17.2. The van der Waals surface area contributed by atoms with Crippen LogP contribution in [-0.4, -0.2) is 87.5 Å². The molecule has 0 aromatic heterocycles. The molecule has 9 heteroatoms. The van der Waals surface area contributed by atoms with Crippen molar-refractivity contribution in [3.05, 3.63) is 84.5 Å². The van der Waals surface area contributed by atoms with Gasteiger partial charge < -0.3 is 24.7 Å². The van der Waals surface area contributed by atoms with Crippen LogP contribution >= 0.6 is 11.8 Å². The summed E-state index contributed by atoms with van der Waals surface area (Å²) in [4.78, 5) is 51.9. The summed E-state index contributed by atoms with van der Waals surface area (Å²) in [5.74, 6) is -1.47. The Morgan fingerprint density at radius 3 is 2.23 bits per heavy atom. The zero-order valence-corrected chi connectivity index (χ0v) is 28.7. The lowest BCUT2D eigenvalue weighted by Gasteiger charge is -2.37. The van der Waals surface area contributed by atoms with Gasteiger partial charge in [0.2, 0.25) is 11.8 Å². The molecule has 1 unspecified atom stereocenters. The Bertz CT molecular complexity index is 1510. The minimum atomic E-state index is -0.871. The minimum Gasteiger partial charge on any atom is -0.396 e. The van der Waals surface area contributed by atoms with Crippen LogP contribution in [-0.2, 0) is 20.9 Å². The molecule has 2 fully saturated rings. The van der Waals surface area contributed by atoms with Crippen LogP contribution in [0.4, 0.5) is 11.4 Å². The van der Waals surface area contributed by atoms with Gasteiger partial charge in [0.05, 0.1) is 16.6 Å². The van der Waals surface area contributed by atoms with Gasteiger partial charge in [0.25, 0.3) is 5.91 Å². The lowest BCUT2D eigenvalue weighted by atomic mass is 9.74. The third-order valence-corrected chi connectivity index (χ3v) is 12.3. The van der Waals surface area contributed by atoms with E-state index in [4.69, 9.17) is 0 Å². The number of rotatable bonds is 12. The molecule has 6 rings (SSSR count). The van der Waals surface area contributed by atoms with Crippen LogP contribution in [0.2, 0.25) is 0 Å². The average Bonchev–Trinajstić information content (AvgIpc) is 3.34. The minimum absolute atomic E-state index is 0.0263. The molecule has 4 aliphatic heterocycles. The predicted octanol–water partition coefficient (Wildman–Crippen LogP) is 5.27. The van der Waals surface area contributed by atoms with Crippen molar-refractivity contribution in [1.82, 2.24) is 9.80 Å². The van der Waals surface area contributed by atoms with E-state index in [0.717, 1.165) is 55.7 Å². The van der Waals surface area contributed by atoms with Gasteiger partial charge in [-0.3, -0.25) is 14.4 Å². The first kappa shape index (κ1) is 33.3. The lowest BCUT2D eigenvalue weighted by Crippen LogP contribution is -2.53. The van der Waals surface area contributed by atoms with E-state index in [0.29, 0.717) is 26.2 Å². The molecule has 2 saturated heterocycles. The highest BCUT2D eigenvalue weighted by Crippen LogP contribution is 2.65. The number of aliphatic hydroxyl groups excluding tert-OH is 1. The fourth-order valence-corrected chi connectivity index (χ4v) is 10.3. The summed E-state index contributed by atoms with van der Waals surface area (Å²) in [6.45, 7) is 10.1. The van der Waals surface area contributed by atoms with Crippen molar-refractivity contribution in [2.75, 3.05) is 49.1 Å². The molecule has 3 amide bonds. The zero-order valence-electron chi connectivity index (χ0n) is 27.9. The van der Waals surface area contributed by atoms with Crippen molar-refractivity contribution in [2.24, 2.45) is 11.8 Å². The first-order chi connectivity index (χ1) is 22.8. The van der Waals surface area contributed by atoms with Crippen molar-refractivity contribution in [2.45, 2.75) is 68.5 Å². The molecule has 8 nitrogen and oxygen atoms in total. The largest absolute Gasteiger partial charge is 0.396 e. The van der Waals surface area contributed by atoms with E-state index in [2.05, 4.69) is 56.0 Å². The second-order valence-corrected chi connectivity index (χ2v) is 15.1. The highest BCUT2D eigenvalue weighted by Gasteiger charge is 2.73. The van der Waals surface area contributed by atoms with Crippen LogP contribution in [0.5, 0.6) is 0 Å². The topological polar surface area (TPSA) is 84.4 Å².